The van der Waals surface area contributed by atoms with Crippen molar-refractivity contribution in [3.8, 4) is 0 Å². The number of nitrogens with zero attached hydrogens (tertiary/aromatic N) is 1. The highest BCUT2D eigenvalue weighted by Gasteiger charge is 2.16. The summed E-state index contributed by atoms with van der Waals surface area (Å²) in [4.78, 5) is 4.04. The van der Waals surface area contributed by atoms with E-state index < -0.39 is 15.8 Å². The first-order valence-electron chi connectivity index (χ1n) is 6.10. The van der Waals surface area contributed by atoms with Gasteiger partial charge in [0, 0.05) is 17.2 Å². The molecule has 1 aromatic carbocycles. The fourth-order valence-electron chi connectivity index (χ4n) is 1.60. The number of benzene rings is 1. The highest BCUT2D eigenvalue weighted by atomic mass is 79.9. The van der Waals surface area contributed by atoms with Gasteiger partial charge in [-0.1, -0.05) is 0 Å². The molecule has 1 heterocycles. The number of halogens is 2. The highest BCUT2D eigenvalue weighted by molar-refractivity contribution is 9.10. The standard InChI is InChI=1S/C13H13BrFN3O2S/c1-2-16-13-6-4-10(8-17-13)21(19,20)18-12-5-3-9(15)7-11(12)14/h3-8,18H,2H2,1H3,(H,16,17). The maximum Gasteiger partial charge on any atom is 0.263 e. The van der Waals surface area contributed by atoms with Crippen molar-refractivity contribution >= 4 is 37.5 Å². The molecular weight excluding hydrogens is 361 g/mol. The second-order valence-electron chi connectivity index (χ2n) is 4.14. The largest absolute Gasteiger partial charge is 0.370 e. The Labute approximate surface area is 130 Å². The van der Waals surface area contributed by atoms with Crippen LogP contribution < -0.4 is 10.0 Å². The minimum atomic E-state index is -3.77. The number of sulfonamides is 1. The fourth-order valence-corrected chi connectivity index (χ4v) is 3.21. The molecule has 0 radical (unpaired) electrons. The first kappa shape index (κ1) is 15.7. The van der Waals surface area contributed by atoms with Crippen LogP contribution in [0.25, 0.3) is 0 Å². The van der Waals surface area contributed by atoms with Crippen molar-refractivity contribution in [1.82, 2.24) is 4.98 Å². The average molecular weight is 374 g/mol. The van der Waals surface area contributed by atoms with Gasteiger partial charge in [-0.05, 0) is 53.2 Å². The van der Waals surface area contributed by atoms with Crippen LogP contribution in [-0.4, -0.2) is 19.9 Å². The van der Waals surface area contributed by atoms with Gasteiger partial charge in [-0.2, -0.15) is 0 Å². The molecule has 0 unspecified atom stereocenters. The molecule has 8 heteroatoms. The molecule has 21 heavy (non-hydrogen) atoms. The van der Waals surface area contributed by atoms with Crippen LogP contribution in [0.4, 0.5) is 15.9 Å². The lowest BCUT2D eigenvalue weighted by molar-refractivity contribution is 0.600. The monoisotopic (exact) mass is 373 g/mol. The summed E-state index contributed by atoms with van der Waals surface area (Å²) in [6.45, 7) is 2.61. The molecule has 0 atom stereocenters. The maximum atomic E-state index is 13.0. The third-order valence-electron chi connectivity index (χ3n) is 2.58. The number of rotatable bonds is 5. The number of hydrogen-bond acceptors (Lipinski definition) is 4. The van der Waals surface area contributed by atoms with Gasteiger partial charge < -0.3 is 5.32 Å². The Bertz CT molecular complexity index is 736. The summed E-state index contributed by atoms with van der Waals surface area (Å²) in [5.41, 5.74) is 0.257. The Morgan fingerprint density at radius 3 is 2.62 bits per heavy atom. The molecule has 0 amide bonds. The summed E-state index contributed by atoms with van der Waals surface area (Å²) in [6.07, 6.45) is 1.26. The maximum absolute atomic E-state index is 13.0. The van der Waals surface area contributed by atoms with E-state index in [-0.39, 0.29) is 10.6 Å². The second kappa shape index (κ2) is 6.40. The normalized spacial score (nSPS) is 11.2. The molecule has 5 nitrogen and oxygen atoms in total. The molecule has 2 aromatic rings. The fraction of sp³-hybridized carbons (Fsp3) is 0.154. The van der Waals surface area contributed by atoms with Gasteiger partial charge >= 0.3 is 0 Å². The lowest BCUT2D eigenvalue weighted by atomic mass is 10.3. The van der Waals surface area contributed by atoms with Gasteiger partial charge in [-0.3, -0.25) is 4.72 Å². The molecule has 112 valence electrons. The van der Waals surface area contributed by atoms with Crippen molar-refractivity contribution in [1.29, 1.82) is 0 Å². The Morgan fingerprint density at radius 1 is 1.29 bits per heavy atom. The molecule has 0 fully saturated rings. The van der Waals surface area contributed by atoms with Gasteiger partial charge in [0.05, 0.1) is 5.69 Å². The SMILES string of the molecule is CCNc1ccc(S(=O)(=O)Nc2ccc(F)cc2Br)cn1. The van der Waals surface area contributed by atoms with E-state index in [0.29, 0.717) is 16.8 Å². The van der Waals surface area contributed by atoms with Crippen LogP contribution in [0.2, 0.25) is 0 Å². The molecule has 0 saturated heterocycles. The number of pyridine rings is 1. The quantitative estimate of drug-likeness (QED) is 0.843. The van der Waals surface area contributed by atoms with Crippen LogP contribution in [0.15, 0.2) is 45.9 Å². The molecule has 0 aliphatic heterocycles. The van der Waals surface area contributed by atoms with Crippen molar-refractivity contribution in [2.75, 3.05) is 16.6 Å². The highest BCUT2D eigenvalue weighted by Crippen LogP contribution is 2.25. The minimum Gasteiger partial charge on any atom is -0.370 e. The summed E-state index contributed by atoms with van der Waals surface area (Å²) in [5.74, 6) is 0.140. The van der Waals surface area contributed by atoms with E-state index in [1.54, 1.807) is 6.07 Å². The number of aromatic nitrogens is 1. The predicted molar refractivity (Wildman–Crippen MR) is 83.3 cm³/mol. The minimum absolute atomic E-state index is 0.0281. The smallest absolute Gasteiger partial charge is 0.263 e. The predicted octanol–water partition coefficient (Wildman–Crippen LogP) is 3.22. The van der Waals surface area contributed by atoms with Crippen LogP contribution in [-0.2, 0) is 10.0 Å². The van der Waals surface area contributed by atoms with Crippen molar-refractivity contribution < 1.29 is 12.8 Å². The Hall–Kier alpha value is -1.67. The Kier molecular flexibility index (Phi) is 4.79. The third kappa shape index (κ3) is 3.92. The van der Waals surface area contributed by atoms with E-state index in [2.05, 4.69) is 31.0 Å². The van der Waals surface area contributed by atoms with E-state index in [9.17, 15) is 12.8 Å². The van der Waals surface area contributed by atoms with Crippen molar-refractivity contribution in [2.45, 2.75) is 11.8 Å². The van der Waals surface area contributed by atoms with E-state index in [4.69, 9.17) is 0 Å². The van der Waals surface area contributed by atoms with Gasteiger partial charge in [0.2, 0.25) is 0 Å². The molecule has 0 saturated carbocycles. The topological polar surface area (TPSA) is 71.1 Å². The second-order valence-corrected chi connectivity index (χ2v) is 6.68. The lowest BCUT2D eigenvalue weighted by Crippen LogP contribution is -2.14. The zero-order valence-corrected chi connectivity index (χ0v) is 13.5. The third-order valence-corrected chi connectivity index (χ3v) is 4.59. The zero-order chi connectivity index (χ0) is 15.5. The molecule has 1 aromatic heterocycles. The number of hydrogen-bond donors (Lipinski definition) is 2. The molecule has 0 bridgehead atoms. The van der Waals surface area contributed by atoms with Crippen LogP contribution in [0.5, 0.6) is 0 Å². The van der Waals surface area contributed by atoms with E-state index in [1.807, 2.05) is 6.92 Å². The van der Waals surface area contributed by atoms with Gasteiger partial charge in [-0.25, -0.2) is 17.8 Å². The van der Waals surface area contributed by atoms with E-state index in [0.717, 1.165) is 0 Å². The van der Waals surface area contributed by atoms with Crippen LogP contribution >= 0.6 is 15.9 Å². The summed E-state index contributed by atoms with van der Waals surface area (Å²) in [7, 11) is -3.77. The van der Waals surface area contributed by atoms with Gasteiger partial charge in [0.15, 0.2) is 0 Å². The van der Waals surface area contributed by atoms with E-state index >= 15 is 0 Å². The first-order valence-corrected chi connectivity index (χ1v) is 8.38. The number of nitrogens with one attached hydrogen (secondary N) is 2. The van der Waals surface area contributed by atoms with Gasteiger partial charge in [0.1, 0.15) is 16.5 Å². The Morgan fingerprint density at radius 2 is 2.05 bits per heavy atom. The van der Waals surface area contributed by atoms with Crippen LogP contribution in [0.3, 0.4) is 0 Å². The summed E-state index contributed by atoms with van der Waals surface area (Å²) in [6, 6.07) is 6.74. The van der Waals surface area contributed by atoms with Crippen molar-refractivity contribution in [3.63, 3.8) is 0 Å². The molecule has 2 N–H and O–H groups in total. The number of anilines is 2. The molecule has 0 aliphatic rings. The summed E-state index contributed by atoms with van der Waals surface area (Å²) < 4.78 is 40.1. The molecule has 0 aliphatic carbocycles. The van der Waals surface area contributed by atoms with Crippen LogP contribution in [0.1, 0.15) is 6.92 Å². The molecule has 2 rings (SSSR count). The molecular formula is C13H13BrFN3O2S. The summed E-state index contributed by atoms with van der Waals surface area (Å²) in [5, 5.41) is 2.98. The Balaban J connectivity index is 2.25. The van der Waals surface area contributed by atoms with Gasteiger partial charge in [0.25, 0.3) is 10.0 Å². The van der Waals surface area contributed by atoms with Crippen molar-refractivity contribution in [2.24, 2.45) is 0 Å². The lowest BCUT2D eigenvalue weighted by Gasteiger charge is -2.10. The average Bonchev–Trinajstić information content (AvgIpc) is 2.43. The van der Waals surface area contributed by atoms with Crippen LogP contribution in [0, 0.1) is 5.82 Å². The molecule has 0 spiro atoms. The van der Waals surface area contributed by atoms with Crippen molar-refractivity contribution in [3.05, 3.63) is 46.8 Å². The van der Waals surface area contributed by atoms with E-state index in [1.165, 1.54) is 30.5 Å². The first-order chi connectivity index (χ1) is 9.92. The van der Waals surface area contributed by atoms with Gasteiger partial charge in [-0.15, -0.1) is 0 Å². The summed E-state index contributed by atoms with van der Waals surface area (Å²) >= 11 is 3.11. The zero-order valence-electron chi connectivity index (χ0n) is 11.1.